The van der Waals surface area contributed by atoms with Crippen molar-refractivity contribution in [3.63, 3.8) is 0 Å². The number of furan rings is 1. The second-order valence-corrected chi connectivity index (χ2v) is 3.97. The van der Waals surface area contributed by atoms with E-state index in [4.69, 9.17) is 4.42 Å². The maximum absolute atomic E-state index is 12.0. The van der Waals surface area contributed by atoms with Gasteiger partial charge in [0.25, 0.3) is 0 Å². The Balaban J connectivity index is 2.01. The van der Waals surface area contributed by atoms with Crippen molar-refractivity contribution < 1.29 is 27.4 Å². The molecule has 1 atom stereocenters. The van der Waals surface area contributed by atoms with Crippen LogP contribution in [-0.2, 0) is 6.42 Å². The summed E-state index contributed by atoms with van der Waals surface area (Å²) in [7, 11) is 0. The molecule has 0 bridgehead atoms. The Bertz CT molecular complexity index is 503. The summed E-state index contributed by atoms with van der Waals surface area (Å²) in [5.74, 6) is -0.313. The molecule has 0 aliphatic rings. The fourth-order valence-electron chi connectivity index (χ4n) is 1.64. The van der Waals surface area contributed by atoms with Crippen LogP contribution in [0.15, 0.2) is 47.3 Å². The van der Waals surface area contributed by atoms with E-state index >= 15 is 0 Å². The number of rotatable bonds is 4. The fourth-order valence-corrected chi connectivity index (χ4v) is 1.64. The monoisotopic (exact) mass is 272 g/mol. The van der Waals surface area contributed by atoms with Crippen LogP contribution in [0.3, 0.4) is 0 Å². The molecule has 0 saturated carbocycles. The van der Waals surface area contributed by atoms with Gasteiger partial charge in [-0.25, -0.2) is 0 Å². The van der Waals surface area contributed by atoms with Gasteiger partial charge in [0.1, 0.15) is 5.75 Å². The molecule has 1 aromatic carbocycles. The van der Waals surface area contributed by atoms with Gasteiger partial charge in [-0.15, -0.1) is 13.2 Å². The van der Waals surface area contributed by atoms with Crippen LogP contribution in [0.1, 0.15) is 17.2 Å². The number of ether oxygens (including phenoxy) is 1. The van der Waals surface area contributed by atoms with Crippen molar-refractivity contribution in [2.75, 3.05) is 0 Å². The van der Waals surface area contributed by atoms with Gasteiger partial charge in [-0.3, -0.25) is 0 Å². The maximum atomic E-state index is 12.0. The highest BCUT2D eigenvalue weighted by molar-refractivity contribution is 5.29. The zero-order valence-corrected chi connectivity index (χ0v) is 9.72. The number of hydrogen-bond acceptors (Lipinski definition) is 3. The van der Waals surface area contributed by atoms with Crippen LogP contribution in [0.2, 0.25) is 0 Å². The quantitative estimate of drug-likeness (QED) is 0.926. The molecule has 0 amide bonds. The summed E-state index contributed by atoms with van der Waals surface area (Å²) >= 11 is 0. The van der Waals surface area contributed by atoms with Gasteiger partial charge in [-0.1, -0.05) is 12.1 Å². The predicted molar refractivity (Wildman–Crippen MR) is 60.5 cm³/mol. The van der Waals surface area contributed by atoms with Gasteiger partial charge < -0.3 is 14.3 Å². The fraction of sp³-hybridized carbons (Fsp3) is 0.231. The van der Waals surface area contributed by atoms with E-state index in [1.165, 1.54) is 36.8 Å². The van der Waals surface area contributed by atoms with Gasteiger partial charge in [0.05, 0.1) is 18.6 Å². The lowest BCUT2D eigenvalue weighted by atomic mass is 10.0. The molecule has 2 rings (SSSR count). The lowest BCUT2D eigenvalue weighted by Crippen LogP contribution is -2.17. The highest BCUT2D eigenvalue weighted by Gasteiger charge is 2.31. The third kappa shape index (κ3) is 4.03. The first kappa shape index (κ1) is 13.5. The van der Waals surface area contributed by atoms with Crippen molar-refractivity contribution in [2.24, 2.45) is 0 Å². The molecule has 1 unspecified atom stereocenters. The standard InChI is InChI=1S/C13H11F3O3/c14-13(15,16)19-11-3-1-10(2-4-11)12(17)7-9-5-6-18-8-9/h1-6,8,12,17H,7H2. The Morgan fingerprint density at radius 2 is 1.84 bits per heavy atom. The third-order valence-corrected chi connectivity index (χ3v) is 2.51. The normalized spacial score (nSPS) is 13.3. The van der Waals surface area contributed by atoms with Crippen LogP contribution >= 0.6 is 0 Å². The first-order valence-electron chi connectivity index (χ1n) is 5.49. The van der Waals surface area contributed by atoms with Gasteiger partial charge in [0.2, 0.25) is 0 Å². The number of hydrogen-bond donors (Lipinski definition) is 1. The predicted octanol–water partition coefficient (Wildman–Crippen LogP) is 3.45. The average Bonchev–Trinajstić information content (AvgIpc) is 2.80. The van der Waals surface area contributed by atoms with Crippen molar-refractivity contribution in [1.29, 1.82) is 0 Å². The minimum Gasteiger partial charge on any atom is -0.472 e. The van der Waals surface area contributed by atoms with Crippen LogP contribution in [0.4, 0.5) is 13.2 Å². The highest BCUT2D eigenvalue weighted by Crippen LogP contribution is 2.25. The van der Waals surface area contributed by atoms with E-state index in [1.54, 1.807) is 6.07 Å². The molecule has 0 aliphatic carbocycles. The number of aliphatic hydroxyl groups is 1. The Morgan fingerprint density at radius 3 is 2.37 bits per heavy atom. The lowest BCUT2D eigenvalue weighted by molar-refractivity contribution is -0.274. The molecule has 0 radical (unpaired) electrons. The molecule has 1 heterocycles. The first-order valence-corrected chi connectivity index (χ1v) is 5.49. The van der Waals surface area contributed by atoms with Gasteiger partial charge in [0, 0.05) is 6.42 Å². The van der Waals surface area contributed by atoms with Crippen molar-refractivity contribution in [3.8, 4) is 5.75 Å². The minimum absolute atomic E-state index is 0.313. The van der Waals surface area contributed by atoms with Gasteiger partial charge >= 0.3 is 6.36 Å². The second kappa shape index (κ2) is 5.36. The molecule has 6 heteroatoms. The highest BCUT2D eigenvalue weighted by atomic mass is 19.4. The summed E-state index contributed by atoms with van der Waals surface area (Å²) in [6.45, 7) is 0. The van der Waals surface area contributed by atoms with E-state index in [0.717, 1.165) is 5.56 Å². The molecule has 1 aromatic heterocycles. The Hall–Kier alpha value is -1.95. The summed E-state index contributed by atoms with van der Waals surface area (Å²) in [5, 5.41) is 9.91. The average molecular weight is 272 g/mol. The molecular formula is C13H11F3O3. The molecule has 19 heavy (non-hydrogen) atoms. The summed E-state index contributed by atoms with van der Waals surface area (Å²) in [6.07, 6.45) is -2.20. The molecule has 102 valence electrons. The molecule has 0 aliphatic heterocycles. The molecular weight excluding hydrogens is 261 g/mol. The van der Waals surface area contributed by atoms with Crippen LogP contribution in [0, 0.1) is 0 Å². The molecule has 2 aromatic rings. The van der Waals surface area contributed by atoms with Gasteiger partial charge in [-0.05, 0) is 29.3 Å². The van der Waals surface area contributed by atoms with E-state index in [1.807, 2.05) is 0 Å². The van der Waals surface area contributed by atoms with Crippen LogP contribution in [0.5, 0.6) is 5.75 Å². The first-order chi connectivity index (χ1) is 8.94. The zero-order valence-electron chi connectivity index (χ0n) is 9.72. The summed E-state index contributed by atoms with van der Waals surface area (Å²) in [4.78, 5) is 0. The Labute approximate surface area is 107 Å². The third-order valence-electron chi connectivity index (χ3n) is 2.51. The summed E-state index contributed by atoms with van der Waals surface area (Å²) in [5.41, 5.74) is 1.32. The lowest BCUT2D eigenvalue weighted by Gasteiger charge is -2.12. The van der Waals surface area contributed by atoms with E-state index in [9.17, 15) is 18.3 Å². The van der Waals surface area contributed by atoms with Crippen molar-refractivity contribution in [1.82, 2.24) is 0 Å². The zero-order chi connectivity index (χ0) is 13.9. The molecule has 0 saturated heterocycles. The van der Waals surface area contributed by atoms with Gasteiger partial charge in [0.15, 0.2) is 0 Å². The van der Waals surface area contributed by atoms with E-state index < -0.39 is 12.5 Å². The second-order valence-electron chi connectivity index (χ2n) is 3.97. The Morgan fingerprint density at radius 1 is 1.16 bits per heavy atom. The maximum Gasteiger partial charge on any atom is 0.573 e. The topological polar surface area (TPSA) is 42.6 Å². The summed E-state index contributed by atoms with van der Waals surface area (Å²) in [6, 6.07) is 6.84. The smallest absolute Gasteiger partial charge is 0.472 e. The van der Waals surface area contributed by atoms with E-state index in [0.29, 0.717) is 12.0 Å². The SMILES string of the molecule is OC(Cc1ccoc1)c1ccc(OC(F)(F)F)cc1. The van der Waals surface area contributed by atoms with Crippen LogP contribution < -0.4 is 4.74 Å². The minimum atomic E-state index is -4.71. The number of alkyl halides is 3. The Kier molecular flexibility index (Phi) is 3.80. The molecule has 0 fully saturated rings. The number of aliphatic hydroxyl groups excluding tert-OH is 1. The van der Waals surface area contributed by atoms with Crippen molar-refractivity contribution in [3.05, 3.63) is 54.0 Å². The molecule has 1 N–H and O–H groups in total. The van der Waals surface area contributed by atoms with Crippen LogP contribution in [-0.4, -0.2) is 11.5 Å². The number of halogens is 3. The molecule has 3 nitrogen and oxygen atoms in total. The molecule has 0 spiro atoms. The van der Waals surface area contributed by atoms with E-state index in [2.05, 4.69) is 4.74 Å². The van der Waals surface area contributed by atoms with Gasteiger partial charge in [-0.2, -0.15) is 0 Å². The number of benzene rings is 1. The summed E-state index contributed by atoms with van der Waals surface area (Å²) < 4.78 is 44.5. The van der Waals surface area contributed by atoms with Crippen molar-refractivity contribution >= 4 is 0 Å². The van der Waals surface area contributed by atoms with Crippen LogP contribution in [0.25, 0.3) is 0 Å². The van der Waals surface area contributed by atoms with E-state index in [-0.39, 0.29) is 5.75 Å². The largest absolute Gasteiger partial charge is 0.573 e. The van der Waals surface area contributed by atoms with Crippen molar-refractivity contribution in [2.45, 2.75) is 18.9 Å².